The average molecular weight is 464 g/mol. The van der Waals surface area contributed by atoms with Gasteiger partial charge in [-0.25, -0.2) is 4.98 Å². The lowest BCUT2D eigenvalue weighted by Gasteiger charge is -2.04. The molecule has 3 aromatic rings. The molecule has 0 aliphatic heterocycles. The van der Waals surface area contributed by atoms with E-state index in [1.807, 2.05) is 6.07 Å². The van der Waals surface area contributed by atoms with Crippen LogP contribution >= 0.6 is 46.8 Å². The Morgan fingerprint density at radius 1 is 1.24 bits per heavy atom. The van der Waals surface area contributed by atoms with Crippen LogP contribution in [0.4, 0.5) is 5.13 Å². The van der Waals surface area contributed by atoms with Crippen molar-refractivity contribution in [2.24, 2.45) is 0 Å². The maximum absolute atomic E-state index is 12.1. The van der Waals surface area contributed by atoms with Crippen molar-refractivity contribution in [2.75, 3.05) is 5.32 Å². The maximum atomic E-state index is 12.1. The summed E-state index contributed by atoms with van der Waals surface area (Å²) in [7, 11) is 0. The number of aromatic nitrogens is 1. The fourth-order valence-corrected chi connectivity index (χ4v) is 4.31. The summed E-state index contributed by atoms with van der Waals surface area (Å²) in [5, 5.41) is 7.41. The normalized spacial score (nSPS) is 11.1. The van der Waals surface area contributed by atoms with Gasteiger partial charge in [0.05, 0.1) is 10.2 Å². The number of thiocarbonyl (C=S) groups is 1. The van der Waals surface area contributed by atoms with Gasteiger partial charge in [-0.05, 0) is 66.5 Å². The number of halogens is 2. The first-order valence-corrected chi connectivity index (χ1v) is 11.1. The van der Waals surface area contributed by atoms with Crippen LogP contribution in [-0.2, 0) is 11.2 Å². The number of fused-ring (bicyclic) bond motifs is 1. The highest BCUT2D eigenvalue weighted by Crippen LogP contribution is 2.27. The molecule has 1 aromatic heterocycles. The molecule has 1 amide bonds. The van der Waals surface area contributed by atoms with Crippen molar-refractivity contribution in [3.63, 3.8) is 0 Å². The van der Waals surface area contributed by atoms with E-state index in [9.17, 15) is 4.79 Å². The summed E-state index contributed by atoms with van der Waals surface area (Å²) in [5.74, 6) is -0.364. The Bertz CT molecular complexity index is 1080. The number of anilines is 1. The Kier molecular flexibility index (Phi) is 7.61. The molecular formula is C21H19Cl2N3OS2. The standard InChI is InChI=1S/C21H19Cl2N3OS2/c1-2-3-4-13-5-9-17-18(11-13)29-21(24-17)26-20(28)25-19(27)10-7-14-6-8-15(22)12-16(14)23/h5-12H,2-4H2,1H3,(H2,24,25,26,27,28)/b10-7+. The summed E-state index contributed by atoms with van der Waals surface area (Å²) in [5.41, 5.74) is 2.90. The highest BCUT2D eigenvalue weighted by atomic mass is 35.5. The summed E-state index contributed by atoms with van der Waals surface area (Å²) in [6, 6.07) is 11.3. The Balaban J connectivity index is 1.59. The molecule has 2 aromatic carbocycles. The van der Waals surface area contributed by atoms with E-state index in [2.05, 4.69) is 34.7 Å². The fraction of sp³-hybridized carbons (Fsp3) is 0.190. The number of rotatable bonds is 6. The van der Waals surface area contributed by atoms with E-state index in [-0.39, 0.29) is 11.0 Å². The highest BCUT2D eigenvalue weighted by Gasteiger charge is 2.08. The van der Waals surface area contributed by atoms with E-state index in [1.54, 1.807) is 24.3 Å². The van der Waals surface area contributed by atoms with Crippen LogP contribution in [0, 0.1) is 0 Å². The molecule has 29 heavy (non-hydrogen) atoms. The zero-order chi connectivity index (χ0) is 20.8. The summed E-state index contributed by atoms with van der Waals surface area (Å²) in [6.45, 7) is 2.18. The summed E-state index contributed by atoms with van der Waals surface area (Å²) in [4.78, 5) is 16.6. The van der Waals surface area contributed by atoms with Crippen LogP contribution in [0.5, 0.6) is 0 Å². The number of nitrogens with one attached hydrogen (secondary N) is 2. The number of aryl methyl sites for hydroxylation is 1. The molecule has 1 heterocycles. The largest absolute Gasteiger partial charge is 0.308 e. The van der Waals surface area contributed by atoms with Gasteiger partial charge in [-0.1, -0.05) is 60.0 Å². The van der Waals surface area contributed by atoms with E-state index < -0.39 is 0 Å². The zero-order valence-electron chi connectivity index (χ0n) is 15.7. The van der Waals surface area contributed by atoms with Crippen LogP contribution < -0.4 is 10.6 Å². The third kappa shape index (κ3) is 6.24. The Labute approximate surface area is 188 Å². The molecule has 8 heteroatoms. The SMILES string of the molecule is CCCCc1ccc2nc(NC(=S)NC(=O)/C=C/c3ccc(Cl)cc3Cl)sc2c1. The van der Waals surface area contributed by atoms with Crippen molar-refractivity contribution >= 4 is 79.2 Å². The molecule has 150 valence electrons. The van der Waals surface area contributed by atoms with Gasteiger partial charge in [0.1, 0.15) is 0 Å². The summed E-state index contributed by atoms with van der Waals surface area (Å²) < 4.78 is 1.09. The topological polar surface area (TPSA) is 54.0 Å². The van der Waals surface area contributed by atoms with Crippen molar-refractivity contribution in [1.82, 2.24) is 10.3 Å². The first-order chi connectivity index (χ1) is 13.9. The van der Waals surface area contributed by atoms with Gasteiger partial charge in [-0.2, -0.15) is 0 Å². The summed E-state index contributed by atoms with van der Waals surface area (Å²) in [6.07, 6.45) is 6.36. The van der Waals surface area contributed by atoms with Gasteiger partial charge in [0.25, 0.3) is 0 Å². The molecule has 4 nitrogen and oxygen atoms in total. The van der Waals surface area contributed by atoms with E-state index in [1.165, 1.54) is 35.8 Å². The van der Waals surface area contributed by atoms with Gasteiger partial charge in [-0.3, -0.25) is 10.1 Å². The summed E-state index contributed by atoms with van der Waals surface area (Å²) >= 11 is 18.7. The minimum Gasteiger partial charge on any atom is -0.308 e. The zero-order valence-corrected chi connectivity index (χ0v) is 18.8. The Morgan fingerprint density at radius 3 is 2.83 bits per heavy atom. The highest BCUT2D eigenvalue weighted by molar-refractivity contribution is 7.80. The lowest BCUT2D eigenvalue weighted by Crippen LogP contribution is -2.32. The van der Waals surface area contributed by atoms with E-state index >= 15 is 0 Å². The van der Waals surface area contributed by atoms with Crippen LogP contribution in [-0.4, -0.2) is 16.0 Å². The van der Waals surface area contributed by atoms with E-state index in [0.29, 0.717) is 20.7 Å². The molecule has 2 N–H and O–H groups in total. The first-order valence-electron chi connectivity index (χ1n) is 9.09. The maximum Gasteiger partial charge on any atom is 0.250 e. The van der Waals surface area contributed by atoms with Gasteiger partial charge >= 0.3 is 0 Å². The third-order valence-electron chi connectivity index (χ3n) is 4.11. The molecule has 0 unspecified atom stereocenters. The monoisotopic (exact) mass is 463 g/mol. The van der Waals surface area contributed by atoms with Crippen molar-refractivity contribution in [1.29, 1.82) is 0 Å². The van der Waals surface area contributed by atoms with Crippen LogP contribution in [0.2, 0.25) is 10.0 Å². The predicted molar refractivity (Wildman–Crippen MR) is 128 cm³/mol. The Hall–Kier alpha value is -1.99. The van der Waals surface area contributed by atoms with Crippen molar-refractivity contribution < 1.29 is 4.79 Å². The van der Waals surface area contributed by atoms with Gasteiger partial charge in [0.15, 0.2) is 10.2 Å². The molecular weight excluding hydrogens is 445 g/mol. The molecule has 0 atom stereocenters. The third-order valence-corrected chi connectivity index (χ3v) is 5.81. The number of benzene rings is 2. The number of carbonyl (C=O) groups excluding carboxylic acids is 1. The molecule has 0 fully saturated rings. The minimum atomic E-state index is -0.364. The quantitative estimate of drug-likeness (QED) is 0.324. The predicted octanol–water partition coefficient (Wildman–Crippen LogP) is 6.47. The molecule has 0 radical (unpaired) electrons. The molecule has 0 spiro atoms. The molecule has 0 saturated carbocycles. The smallest absolute Gasteiger partial charge is 0.250 e. The van der Waals surface area contributed by atoms with Crippen LogP contribution in [0.15, 0.2) is 42.5 Å². The van der Waals surface area contributed by atoms with Crippen LogP contribution in [0.1, 0.15) is 30.9 Å². The van der Waals surface area contributed by atoms with E-state index in [0.717, 1.165) is 16.6 Å². The molecule has 0 aliphatic carbocycles. The number of nitrogens with zero attached hydrogens (tertiary/aromatic N) is 1. The first kappa shape index (κ1) is 21.7. The number of thiazole rings is 1. The lowest BCUT2D eigenvalue weighted by molar-refractivity contribution is -0.115. The Morgan fingerprint density at radius 2 is 2.07 bits per heavy atom. The lowest BCUT2D eigenvalue weighted by atomic mass is 10.1. The second-order valence-electron chi connectivity index (χ2n) is 6.37. The van der Waals surface area contributed by atoms with Crippen LogP contribution in [0.25, 0.3) is 16.3 Å². The molecule has 0 saturated heterocycles. The van der Waals surface area contributed by atoms with Crippen LogP contribution in [0.3, 0.4) is 0 Å². The average Bonchev–Trinajstić information content (AvgIpc) is 3.06. The van der Waals surface area contributed by atoms with Crippen molar-refractivity contribution in [2.45, 2.75) is 26.2 Å². The molecule has 0 aliphatic rings. The van der Waals surface area contributed by atoms with Gasteiger partial charge in [-0.15, -0.1) is 0 Å². The molecule has 3 rings (SSSR count). The van der Waals surface area contributed by atoms with Crippen molar-refractivity contribution in [3.05, 3.63) is 63.6 Å². The second kappa shape index (κ2) is 10.2. The minimum absolute atomic E-state index is 0.187. The van der Waals surface area contributed by atoms with Gasteiger partial charge < -0.3 is 5.32 Å². The molecule has 0 bridgehead atoms. The number of hydrogen-bond donors (Lipinski definition) is 2. The van der Waals surface area contributed by atoms with E-state index in [4.69, 9.17) is 35.4 Å². The van der Waals surface area contributed by atoms with Gasteiger partial charge in [0.2, 0.25) is 5.91 Å². The fourth-order valence-electron chi connectivity index (χ4n) is 2.64. The van der Waals surface area contributed by atoms with Gasteiger partial charge in [0, 0.05) is 16.1 Å². The number of carbonyl (C=O) groups is 1. The number of unbranched alkanes of at least 4 members (excludes halogenated alkanes) is 1. The van der Waals surface area contributed by atoms with Crippen molar-refractivity contribution in [3.8, 4) is 0 Å². The number of hydrogen-bond acceptors (Lipinski definition) is 4. The second-order valence-corrected chi connectivity index (χ2v) is 8.65. The number of amides is 1.